The Morgan fingerprint density at radius 2 is 2.19 bits per heavy atom. The lowest BCUT2D eigenvalue weighted by molar-refractivity contribution is -0.121. The normalized spacial score (nSPS) is 29.7. The molecule has 0 unspecified atom stereocenters. The first kappa shape index (κ1) is 18.7. The maximum absolute atomic E-state index is 12.6. The van der Waals surface area contributed by atoms with Gasteiger partial charge in [-0.3, -0.25) is 9.69 Å². The Labute approximate surface area is 160 Å². The SMILES string of the molecule is Cc1noc(C)c1CN1C[C@H]2[C@H](NC(=O)CC3=CCCC3)CS(=O)(=O)[C@H]2C1. The van der Waals surface area contributed by atoms with Crippen molar-refractivity contribution >= 4 is 15.7 Å². The number of nitrogens with zero attached hydrogens (tertiary/aromatic N) is 2. The lowest BCUT2D eigenvalue weighted by Crippen LogP contribution is -2.42. The molecular weight excluding hydrogens is 366 g/mol. The Balaban J connectivity index is 1.43. The molecule has 2 fully saturated rings. The van der Waals surface area contributed by atoms with Crippen molar-refractivity contribution < 1.29 is 17.7 Å². The molecule has 3 aliphatic rings. The highest BCUT2D eigenvalue weighted by molar-refractivity contribution is 7.92. The van der Waals surface area contributed by atoms with E-state index in [1.807, 2.05) is 13.8 Å². The predicted octanol–water partition coefficient (Wildman–Crippen LogP) is 1.51. The van der Waals surface area contributed by atoms with Crippen molar-refractivity contribution in [2.45, 2.75) is 57.4 Å². The minimum atomic E-state index is -3.19. The van der Waals surface area contributed by atoms with Crippen molar-refractivity contribution in [3.8, 4) is 0 Å². The molecule has 0 bridgehead atoms. The van der Waals surface area contributed by atoms with E-state index in [-0.39, 0.29) is 23.6 Å². The second-order valence-electron chi connectivity index (χ2n) is 8.13. The van der Waals surface area contributed by atoms with Crippen LogP contribution in [-0.2, 0) is 21.2 Å². The number of amides is 1. The van der Waals surface area contributed by atoms with Crippen LogP contribution in [0.2, 0.25) is 0 Å². The molecule has 1 N–H and O–H groups in total. The van der Waals surface area contributed by atoms with Crippen LogP contribution in [0.3, 0.4) is 0 Å². The fourth-order valence-corrected chi connectivity index (χ4v) is 7.06. The molecule has 3 atom stereocenters. The van der Waals surface area contributed by atoms with Crippen LogP contribution < -0.4 is 5.32 Å². The Morgan fingerprint density at radius 1 is 1.37 bits per heavy atom. The van der Waals surface area contributed by atoms with Crippen molar-refractivity contribution in [3.05, 3.63) is 28.7 Å². The molecule has 27 heavy (non-hydrogen) atoms. The number of fused-ring (bicyclic) bond motifs is 1. The lowest BCUT2D eigenvalue weighted by Gasteiger charge is -2.21. The minimum Gasteiger partial charge on any atom is -0.361 e. The summed E-state index contributed by atoms with van der Waals surface area (Å²) in [6.45, 7) is 5.59. The monoisotopic (exact) mass is 393 g/mol. The van der Waals surface area contributed by atoms with Crippen molar-refractivity contribution in [1.82, 2.24) is 15.4 Å². The van der Waals surface area contributed by atoms with Gasteiger partial charge in [-0.25, -0.2) is 8.42 Å². The molecule has 1 amide bonds. The van der Waals surface area contributed by atoms with E-state index in [1.54, 1.807) is 0 Å². The summed E-state index contributed by atoms with van der Waals surface area (Å²) in [6.07, 6.45) is 5.67. The van der Waals surface area contributed by atoms with Crippen LogP contribution in [0.5, 0.6) is 0 Å². The highest BCUT2D eigenvalue weighted by Gasteiger charge is 2.52. The summed E-state index contributed by atoms with van der Waals surface area (Å²) in [5.41, 5.74) is 3.06. The third kappa shape index (κ3) is 3.69. The molecule has 2 saturated heterocycles. The molecule has 0 aromatic carbocycles. The number of carbonyl (C=O) groups is 1. The smallest absolute Gasteiger partial charge is 0.224 e. The standard InChI is InChI=1S/C19H27N3O4S/c1-12-15(13(2)26-21-12)8-22-9-16-17(11-27(24,25)18(16)10-22)20-19(23)7-14-5-3-4-6-14/h5,16-18H,3-4,6-11H2,1-2H3,(H,20,23)/t16-,17+,18-/m0/s1. The summed E-state index contributed by atoms with van der Waals surface area (Å²) in [4.78, 5) is 14.6. The number of nitrogens with one attached hydrogen (secondary N) is 1. The summed E-state index contributed by atoms with van der Waals surface area (Å²) >= 11 is 0. The number of hydrogen-bond acceptors (Lipinski definition) is 6. The molecular formula is C19H27N3O4S. The van der Waals surface area contributed by atoms with E-state index in [9.17, 15) is 13.2 Å². The Morgan fingerprint density at radius 3 is 2.85 bits per heavy atom. The molecule has 0 radical (unpaired) electrons. The highest BCUT2D eigenvalue weighted by atomic mass is 32.2. The second-order valence-corrected chi connectivity index (χ2v) is 10.4. The zero-order chi connectivity index (χ0) is 19.2. The molecule has 7 nitrogen and oxygen atoms in total. The fraction of sp³-hybridized carbons (Fsp3) is 0.684. The lowest BCUT2D eigenvalue weighted by atomic mass is 10.00. The molecule has 0 spiro atoms. The van der Waals surface area contributed by atoms with E-state index in [4.69, 9.17) is 4.52 Å². The van der Waals surface area contributed by atoms with E-state index in [2.05, 4.69) is 21.4 Å². The zero-order valence-electron chi connectivity index (χ0n) is 15.9. The first-order valence-corrected chi connectivity index (χ1v) is 11.4. The van der Waals surface area contributed by atoms with Gasteiger partial charge in [-0.1, -0.05) is 16.8 Å². The van der Waals surface area contributed by atoms with Crippen molar-refractivity contribution in [1.29, 1.82) is 0 Å². The first-order valence-electron chi connectivity index (χ1n) is 9.66. The summed E-state index contributed by atoms with van der Waals surface area (Å²) in [7, 11) is -3.19. The largest absolute Gasteiger partial charge is 0.361 e. The molecule has 1 aliphatic carbocycles. The molecule has 0 saturated carbocycles. The van der Waals surface area contributed by atoms with Crippen molar-refractivity contribution in [2.24, 2.45) is 5.92 Å². The van der Waals surface area contributed by atoms with Gasteiger partial charge in [-0.05, 0) is 33.1 Å². The Kier molecular flexibility index (Phi) is 4.88. The van der Waals surface area contributed by atoms with Crippen molar-refractivity contribution in [3.63, 3.8) is 0 Å². The first-order chi connectivity index (χ1) is 12.8. The van der Waals surface area contributed by atoms with Gasteiger partial charge in [0.2, 0.25) is 5.91 Å². The number of aryl methyl sites for hydroxylation is 2. The van der Waals surface area contributed by atoms with Gasteiger partial charge in [0.1, 0.15) is 5.76 Å². The zero-order valence-corrected chi connectivity index (χ0v) is 16.7. The number of rotatable bonds is 5. The quantitative estimate of drug-likeness (QED) is 0.762. The Bertz CT molecular complexity index is 854. The van der Waals surface area contributed by atoms with Crippen LogP contribution >= 0.6 is 0 Å². The van der Waals surface area contributed by atoms with Gasteiger partial charge >= 0.3 is 0 Å². The van der Waals surface area contributed by atoms with Gasteiger partial charge in [0.15, 0.2) is 9.84 Å². The average Bonchev–Trinajstić information content (AvgIpc) is 3.34. The third-order valence-electron chi connectivity index (χ3n) is 6.21. The summed E-state index contributed by atoms with van der Waals surface area (Å²) in [5, 5.41) is 6.60. The van der Waals surface area contributed by atoms with Crippen molar-refractivity contribution in [2.75, 3.05) is 18.8 Å². The van der Waals surface area contributed by atoms with Gasteiger partial charge in [0, 0.05) is 43.6 Å². The van der Waals surface area contributed by atoms with E-state index in [1.165, 1.54) is 5.57 Å². The molecule has 2 aliphatic heterocycles. The van der Waals surface area contributed by atoms with Gasteiger partial charge in [0.05, 0.1) is 16.7 Å². The maximum Gasteiger partial charge on any atom is 0.224 e. The minimum absolute atomic E-state index is 0.0445. The topological polar surface area (TPSA) is 92.5 Å². The van der Waals surface area contributed by atoms with E-state index < -0.39 is 15.1 Å². The predicted molar refractivity (Wildman–Crippen MR) is 101 cm³/mol. The third-order valence-corrected chi connectivity index (χ3v) is 8.45. The van der Waals surface area contributed by atoms with Crippen LogP contribution in [-0.4, -0.2) is 54.5 Å². The summed E-state index contributed by atoms with van der Waals surface area (Å²) in [6, 6.07) is -0.288. The number of allylic oxidation sites excluding steroid dienone is 1. The Hall–Kier alpha value is -1.67. The van der Waals surface area contributed by atoms with Crippen LogP contribution in [0.25, 0.3) is 0 Å². The van der Waals surface area contributed by atoms with E-state index in [0.29, 0.717) is 26.1 Å². The number of hydrogen-bond donors (Lipinski definition) is 1. The number of likely N-dealkylation sites (tertiary alicyclic amines) is 1. The van der Waals surface area contributed by atoms with Gasteiger partial charge < -0.3 is 9.84 Å². The van der Waals surface area contributed by atoms with Crippen LogP contribution in [0.4, 0.5) is 0 Å². The molecule has 3 heterocycles. The van der Waals surface area contributed by atoms with E-state index in [0.717, 1.165) is 36.3 Å². The molecule has 4 rings (SSSR count). The molecule has 1 aromatic rings. The van der Waals surface area contributed by atoms with Crippen LogP contribution in [0, 0.1) is 19.8 Å². The molecule has 8 heteroatoms. The van der Waals surface area contributed by atoms with Gasteiger partial charge in [0.25, 0.3) is 0 Å². The van der Waals surface area contributed by atoms with Crippen LogP contribution in [0.15, 0.2) is 16.2 Å². The second kappa shape index (κ2) is 7.05. The summed E-state index contributed by atoms with van der Waals surface area (Å²) in [5.74, 6) is 0.749. The maximum atomic E-state index is 12.6. The number of sulfone groups is 1. The summed E-state index contributed by atoms with van der Waals surface area (Å²) < 4.78 is 30.5. The molecule has 148 valence electrons. The average molecular weight is 394 g/mol. The molecule has 1 aromatic heterocycles. The van der Waals surface area contributed by atoms with Gasteiger partial charge in [-0.15, -0.1) is 0 Å². The van der Waals surface area contributed by atoms with E-state index >= 15 is 0 Å². The van der Waals surface area contributed by atoms with Crippen LogP contribution in [0.1, 0.15) is 42.7 Å². The number of carbonyl (C=O) groups excluding carboxylic acids is 1. The van der Waals surface area contributed by atoms with Gasteiger partial charge in [-0.2, -0.15) is 0 Å². The highest BCUT2D eigenvalue weighted by Crippen LogP contribution is 2.35. The fourth-order valence-electron chi connectivity index (χ4n) is 4.73. The number of aromatic nitrogens is 1.